The molecule has 0 spiro atoms. The van der Waals surface area contributed by atoms with Crippen molar-refractivity contribution in [2.45, 2.75) is 25.9 Å². The zero-order valence-corrected chi connectivity index (χ0v) is 9.53. The third-order valence-electron chi connectivity index (χ3n) is 2.72. The van der Waals surface area contributed by atoms with Crippen LogP contribution in [0.4, 0.5) is 0 Å². The van der Waals surface area contributed by atoms with E-state index in [2.05, 4.69) is 47.2 Å². The molecule has 0 fully saturated rings. The molecular weight excluding hydrogens is 198 g/mol. The lowest BCUT2D eigenvalue weighted by Gasteiger charge is -2.11. The summed E-state index contributed by atoms with van der Waals surface area (Å²) in [5, 5.41) is 11.7. The van der Waals surface area contributed by atoms with Crippen molar-refractivity contribution in [1.29, 1.82) is 0 Å². The average Bonchev–Trinajstić information content (AvgIpc) is 2.75. The smallest absolute Gasteiger partial charge is 0.0695 e. The van der Waals surface area contributed by atoms with Gasteiger partial charge in [0.15, 0.2) is 0 Å². The molecule has 1 aromatic carbocycles. The third kappa shape index (κ3) is 2.31. The van der Waals surface area contributed by atoms with Gasteiger partial charge in [-0.3, -0.25) is 5.10 Å². The fourth-order valence-electron chi connectivity index (χ4n) is 1.80. The van der Waals surface area contributed by atoms with Gasteiger partial charge in [0, 0.05) is 18.0 Å². The standard InChI is InChI=1S/C13H17N3/c1-3-5-10(2)14-8-11-6-4-7-12-9-15-16-13(11)12/h3-4,6-7,9-10,14H,1,5,8H2,2H3,(H,15,16). The van der Waals surface area contributed by atoms with Crippen LogP contribution in [0.3, 0.4) is 0 Å². The predicted octanol–water partition coefficient (Wildman–Crippen LogP) is 2.62. The van der Waals surface area contributed by atoms with Crippen molar-refractivity contribution in [1.82, 2.24) is 15.5 Å². The SMILES string of the molecule is C=CCC(C)NCc1cccc2cn[nH]c12. The summed E-state index contributed by atoms with van der Waals surface area (Å²) in [6.45, 7) is 6.76. The first kappa shape index (κ1) is 10.9. The lowest BCUT2D eigenvalue weighted by Crippen LogP contribution is -2.24. The number of hydrogen-bond acceptors (Lipinski definition) is 2. The van der Waals surface area contributed by atoms with Crippen LogP contribution >= 0.6 is 0 Å². The van der Waals surface area contributed by atoms with Gasteiger partial charge < -0.3 is 5.32 Å². The van der Waals surface area contributed by atoms with Crippen LogP contribution in [0.15, 0.2) is 37.1 Å². The van der Waals surface area contributed by atoms with E-state index in [1.807, 2.05) is 12.3 Å². The van der Waals surface area contributed by atoms with Crippen molar-refractivity contribution in [3.05, 3.63) is 42.6 Å². The van der Waals surface area contributed by atoms with Crippen molar-refractivity contribution in [2.24, 2.45) is 0 Å². The van der Waals surface area contributed by atoms with Crippen LogP contribution in [0.5, 0.6) is 0 Å². The van der Waals surface area contributed by atoms with Crippen LogP contribution in [-0.2, 0) is 6.54 Å². The molecule has 1 unspecified atom stereocenters. The fourth-order valence-corrected chi connectivity index (χ4v) is 1.80. The number of nitrogens with one attached hydrogen (secondary N) is 2. The second-order valence-corrected chi connectivity index (χ2v) is 4.06. The Hall–Kier alpha value is -1.61. The molecule has 0 radical (unpaired) electrons. The lowest BCUT2D eigenvalue weighted by molar-refractivity contribution is 0.555. The van der Waals surface area contributed by atoms with E-state index in [9.17, 15) is 0 Å². The van der Waals surface area contributed by atoms with Crippen LogP contribution in [-0.4, -0.2) is 16.2 Å². The summed E-state index contributed by atoms with van der Waals surface area (Å²) in [5.41, 5.74) is 2.38. The first-order valence-corrected chi connectivity index (χ1v) is 5.56. The van der Waals surface area contributed by atoms with Crippen LogP contribution in [0.2, 0.25) is 0 Å². The molecule has 2 aromatic rings. The van der Waals surface area contributed by atoms with E-state index in [1.54, 1.807) is 0 Å². The highest BCUT2D eigenvalue weighted by molar-refractivity contribution is 5.81. The molecule has 0 amide bonds. The van der Waals surface area contributed by atoms with E-state index in [0.717, 1.165) is 23.9 Å². The summed E-state index contributed by atoms with van der Waals surface area (Å²) in [5.74, 6) is 0. The second-order valence-electron chi connectivity index (χ2n) is 4.06. The topological polar surface area (TPSA) is 40.7 Å². The first-order valence-electron chi connectivity index (χ1n) is 5.56. The molecule has 2 rings (SSSR count). The Morgan fingerprint density at radius 2 is 2.44 bits per heavy atom. The molecule has 16 heavy (non-hydrogen) atoms. The third-order valence-corrected chi connectivity index (χ3v) is 2.72. The number of aromatic nitrogens is 2. The number of rotatable bonds is 5. The number of H-pyrrole nitrogens is 1. The number of nitrogens with zero attached hydrogens (tertiary/aromatic N) is 1. The monoisotopic (exact) mass is 215 g/mol. The Labute approximate surface area is 95.6 Å². The van der Waals surface area contributed by atoms with Gasteiger partial charge in [-0.15, -0.1) is 6.58 Å². The normalized spacial score (nSPS) is 12.8. The quantitative estimate of drug-likeness (QED) is 0.753. The van der Waals surface area contributed by atoms with Gasteiger partial charge in [-0.25, -0.2) is 0 Å². The predicted molar refractivity (Wildman–Crippen MR) is 67.2 cm³/mol. The summed E-state index contributed by atoms with van der Waals surface area (Å²) in [4.78, 5) is 0. The van der Waals surface area contributed by atoms with Crippen molar-refractivity contribution in [3.63, 3.8) is 0 Å². The summed E-state index contributed by atoms with van der Waals surface area (Å²) < 4.78 is 0. The summed E-state index contributed by atoms with van der Waals surface area (Å²) in [6, 6.07) is 6.70. The van der Waals surface area contributed by atoms with Crippen LogP contribution in [0, 0.1) is 0 Å². The maximum absolute atomic E-state index is 4.06. The van der Waals surface area contributed by atoms with Gasteiger partial charge in [-0.05, 0) is 18.9 Å². The molecule has 1 aromatic heterocycles. The van der Waals surface area contributed by atoms with E-state index in [4.69, 9.17) is 0 Å². The van der Waals surface area contributed by atoms with Crippen molar-refractivity contribution in [3.8, 4) is 0 Å². The Balaban J connectivity index is 2.09. The molecule has 1 heterocycles. The molecule has 0 saturated carbocycles. The highest BCUT2D eigenvalue weighted by Gasteiger charge is 2.04. The van der Waals surface area contributed by atoms with Crippen molar-refractivity contribution in [2.75, 3.05) is 0 Å². The van der Waals surface area contributed by atoms with Crippen molar-refractivity contribution < 1.29 is 0 Å². The summed E-state index contributed by atoms with van der Waals surface area (Å²) in [6.07, 6.45) is 4.78. The van der Waals surface area contributed by atoms with E-state index in [0.29, 0.717) is 6.04 Å². The van der Waals surface area contributed by atoms with Crippen molar-refractivity contribution >= 4 is 10.9 Å². The molecule has 0 aliphatic rings. The Morgan fingerprint density at radius 3 is 3.25 bits per heavy atom. The first-order chi connectivity index (χ1) is 7.81. The minimum absolute atomic E-state index is 0.454. The molecule has 2 N–H and O–H groups in total. The maximum atomic E-state index is 4.06. The number of aromatic amines is 1. The molecule has 0 aliphatic carbocycles. The zero-order chi connectivity index (χ0) is 11.4. The minimum Gasteiger partial charge on any atom is -0.310 e. The molecule has 0 bridgehead atoms. The van der Waals surface area contributed by atoms with Gasteiger partial charge >= 0.3 is 0 Å². The van der Waals surface area contributed by atoms with Crippen LogP contribution in [0.1, 0.15) is 18.9 Å². The molecule has 3 nitrogen and oxygen atoms in total. The highest BCUT2D eigenvalue weighted by Crippen LogP contribution is 2.15. The molecule has 0 saturated heterocycles. The van der Waals surface area contributed by atoms with Gasteiger partial charge in [0.2, 0.25) is 0 Å². The van der Waals surface area contributed by atoms with Gasteiger partial charge in [0.05, 0.1) is 11.7 Å². The minimum atomic E-state index is 0.454. The van der Waals surface area contributed by atoms with Gasteiger partial charge in [0.1, 0.15) is 0 Å². The zero-order valence-electron chi connectivity index (χ0n) is 9.53. The average molecular weight is 215 g/mol. The lowest BCUT2D eigenvalue weighted by atomic mass is 10.1. The van der Waals surface area contributed by atoms with Gasteiger partial charge in [-0.2, -0.15) is 5.10 Å². The molecule has 3 heteroatoms. The number of hydrogen-bond donors (Lipinski definition) is 2. The van der Waals surface area contributed by atoms with E-state index < -0.39 is 0 Å². The van der Waals surface area contributed by atoms with E-state index in [1.165, 1.54) is 5.56 Å². The highest BCUT2D eigenvalue weighted by atomic mass is 15.1. The van der Waals surface area contributed by atoms with Crippen LogP contribution < -0.4 is 5.32 Å². The Morgan fingerprint density at radius 1 is 1.56 bits per heavy atom. The number of fused-ring (bicyclic) bond motifs is 1. The fraction of sp³-hybridized carbons (Fsp3) is 0.308. The Bertz CT molecular complexity index is 473. The number of para-hydroxylation sites is 1. The largest absolute Gasteiger partial charge is 0.310 e. The molecule has 0 aliphatic heterocycles. The summed E-state index contributed by atoms with van der Waals surface area (Å²) >= 11 is 0. The second kappa shape index (κ2) is 4.94. The molecule has 84 valence electrons. The molecular formula is C13H17N3. The number of benzene rings is 1. The maximum Gasteiger partial charge on any atom is 0.0695 e. The molecule has 1 atom stereocenters. The van der Waals surface area contributed by atoms with Crippen LogP contribution in [0.25, 0.3) is 10.9 Å². The Kier molecular flexibility index (Phi) is 3.37. The van der Waals surface area contributed by atoms with Gasteiger partial charge in [0.25, 0.3) is 0 Å². The summed E-state index contributed by atoms with van der Waals surface area (Å²) in [7, 11) is 0. The van der Waals surface area contributed by atoms with Gasteiger partial charge in [-0.1, -0.05) is 24.3 Å². The van der Waals surface area contributed by atoms with E-state index >= 15 is 0 Å². The van der Waals surface area contributed by atoms with E-state index in [-0.39, 0.29) is 0 Å².